The monoisotopic (exact) mass is 359 g/mol. The van der Waals surface area contributed by atoms with Gasteiger partial charge in [-0.1, -0.05) is 6.07 Å². The highest BCUT2D eigenvalue weighted by molar-refractivity contribution is 14.1. The summed E-state index contributed by atoms with van der Waals surface area (Å²) in [6.07, 6.45) is 2.08. The molecule has 0 saturated heterocycles. The Labute approximate surface area is 119 Å². The van der Waals surface area contributed by atoms with Crippen LogP contribution in [0, 0.1) is 3.57 Å². The van der Waals surface area contributed by atoms with Crippen molar-refractivity contribution >= 4 is 40.0 Å². The zero-order chi connectivity index (χ0) is 12.1. The van der Waals surface area contributed by atoms with Gasteiger partial charge >= 0.3 is 0 Å². The number of furan rings is 1. The van der Waals surface area contributed by atoms with E-state index in [1.165, 1.54) is 3.57 Å². The normalized spacial score (nSPS) is 10.5. The number of nitrogens with one attached hydrogen (secondary N) is 1. The van der Waals surface area contributed by atoms with E-state index >= 15 is 0 Å². The van der Waals surface area contributed by atoms with Gasteiger partial charge in [-0.05, 0) is 59.2 Å². The highest BCUT2D eigenvalue weighted by Crippen LogP contribution is 2.16. The van der Waals surface area contributed by atoms with E-state index in [0.717, 1.165) is 29.5 Å². The molecule has 90 valence electrons. The average Bonchev–Trinajstić information content (AvgIpc) is 2.75. The lowest BCUT2D eigenvalue weighted by Gasteiger charge is -2.04. The maximum atomic E-state index is 5.69. The highest BCUT2D eigenvalue weighted by atomic mass is 127. The van der Waals surface area contributed by atoms with Gasteiger partial charge in [-0.2, -0.15) is 11.8 Å². The maximum absolute atomic E-state index is 5.69. The van der Waals surface area contributed by atoms with E-state index in [-0.39, 0.29) is 0 Å². The van der Waals surface area contributed by atoms with Crippen molar-refractivity contribution in [3.63, 3.8) is 0 Å². The van der Waals surface area contributed by atoms with Gasteiger partial charge in [0.15, 0.2) is 0 Å². The van der Waals surface area contributed by atoms with Crippen molar-refractivity contribution in [3.05, 3.63) is 51.5 Å². The third-order valence-corrected chi connectivity index (χ3v) is 3.54. The van der Waals surface area contributed by atoms with Gasteiger partial charge in [0.25, 0.3) is 0 Å². The lowest BCUT2D eigenvalue weighted by molar-refractivity contribution is 0.487. The van der Waals surface area contributed by atoms with Crippen LogP contribution in [0.4, 0.5) is 5.69 Å². The Hall–Kier alpha value is -0.620. The predicted molar refractivity (Wildman–Crippen MR) is 82.4 cm³/mol. The molecule has 0 bridgehead atoms. The van der Waals surface area contributed by atoms with Gasteiger partial charge in [-0.25, -0.2) is 0 Å². The molecule has 0 aliphatic carbocycles. The Morgan fingerprint density at radius 2 is 2.06 bits per heavy atom. The van der Waals surface area contributed by atoms with E-state index < -0.39 is 0 Å². The molecule has 1 N–H and O–H groups in total. The molecule has 0 unspecified atom stereocenters. The molecule has 0 fully saturated rings. The summed E-state index contributed by atoms with van der Waals surface area (Å²) in [5.41, 5.74) is 1.12. The molecule has 17 heavy (non-hydrogen) atoms. The molecule has 1 aromatic carbocycles. The number of thioether (sulfide) groups is 1. The molecule has 4 heteroatoms. The molecule has 0 amide bonds. The van der Waals surface area contributed by atoms with Crippen molar-refractivity contribution in [1.29, 1.82) is 0 Å². The van der Waals surface area contributed by atoms with Crippen molar-refractivity contribution < 1.29 is 4.42 Å². The molecular formula is C13H14INOS. The molecular weight excluding hydrogens is 345 g/mol. The molecule has 2 aromatic rings. The lowest BCUT2D eigenvalue weighted by atomic mass is 10.3. The second-order valence-electron chi connectivity index (χ2n) is 3.66. The minimum atomic E-state index is 0.731. The number of hydrogen-bond acceptors (Lipinski definition) is 3. The Bertz CT molecular complexity index is 484. The van der Waals surface area contributed by atoms with Crippen LogP contribution in [0.3, 0.4) is 0 Å². The van der Waals surface area contributed by atoms with Crippen molar-refractivity contribution in [2.75, 3.05) is 11.6 Å². The summed E-state index contributed by atoms with van der Waals surface area (Å²) in [5, 5.41) is 3.35. The highest BCUT2D eigenvalue weighted by Gasteiger charge is 2.01. The van der Waals surface area contributed by atoms with Gasteiger partial charge in [0.1, 0.15) is 11.5 Å². The molecule has 0 atom stereocenters. The zero-order valence-corrected chi connectivity index (χ0v) is 12.5. The molecule has 1 aromatic heterocycles. The van der Waals surface area contributed by atoms with Crippen LogP contribution in [-0.4, -0.2) is 6.26 Å². The van der Waals surface area contributed by atoms with E-state index in [0.29, 0.717) is 0 Å². The SMILES string of the molecule is CSCc1ccc(CNc2cccc(I)c2)o1. The van der Waals surface area contributed by atoms with Gasteiger partial charge in [0, 0.05) is 9.26 Å². The van der Waals surface area contributed by atoms with Gasteiger partial charge < -0.3 is 9.73 Å². The molecule has 0 aliphatic rings. The van der Waals surface area contributed by atoms with Gasteiger partial charge in [0.05, 0.1) is 12.3 Å². The van der Waals surface area contributed by atoms with Crippen molar-refractivity contribution in [2.45, 2.75) is 12.3 Å². The third-order valence-electron chi connectivity index (χ3n) is 2.30. The molecule has 0 spiro atoms. The number of hydrogen-bond donors (Lipinski definition) is 1. The van der Waals surface area contributed by atoms with Crippen molar-refractivity contribution in [2.24, 2.45) is 0 Å². The fourth-order valence-electron chi connectivity index (χ4n) is 1.52. The smallest absolute Gasteiger partial charge is 0.123 e. The van der Waals surface area contributed by atoms with Crippen molar-refractivity contribution in [3.8, 4) is 0 Å². The number of anilines is 1. The summed E-state index contributed by atoms with van der Waals surface area (Å²) in [4.78, 5) is 0. The first-order valence-electron chi connectivity index (χ1n) is 5.34. The van der Waals surface area contributed by atoms with Crippen LogP contribution in [0.1, 0.15) is 11.5 Å². The summed E-state index contributed by atoms with van der Waals surface area (Å²) >= 11 is 4.08. The summed E-state index contributed by atoms with van der Waals surface area (Å²) in [7, 11) is 0. The molecule has 2 nitrogen and oxygen atoms in total. The molecule has 2 rings (SSSR count). The number of benzene rings is 1. The average molecular weight is 359 g/mol. The van der Waals surface area contributed by atoms with Crippen molar-refractivity contribution in [1.82, 2.24) is 0 Å². The molecule has 0 saturated carbocycles. The predicted octanol–water partition coefficient (Wildman–Crippen LogP) is 4.36. The lowest BCUT2D eigenvalue weighted by Crippen LogP contribution is -1.97. The van der Waals surface area contributed by atoms with Crippen LogP contribution in [0.15, 0.2) is 40.8 Å². The Morgan fingerprint density at radius 1 is 1.24 bits per heavy atom. The minimum absolute atomic E-state index is 0.731. The second-order valence-corrected chi connectivity index (χ2v) is 5.78. The van der Waals surface area contributed by atoms with Crippen LogP contribution in [-0.2, 0) is 12.3 Å². The van der Waals surface area contributed by atoms with Gasteiger partial charge in [-0.3, -0.25) is 0 Å². The fraction of sp³-hybridized carbons (Fsp3) is 0.231. The standard InChI is InChI=1S/C13H14INOS/c1-17-9-13-6-5-12(16-13)8-15-11-4-2-3-10(14)7-11/h2-7,15H,8-9H2,1H3. The topological polar surface area (TPSA) is 25.2 Å². The van der Waals surface area contributed by atoms with Crippen LogP contribution in [0.25, 0.3) is 0 Å². The second kappa shape index (κ2) is 6.35. The quantitative estimate of drug-likeness (QED) is 0.804. The summed E-state index contributed by atoms with van der Waals surface area (Å²) in [6, 6.07) is 12.4. The van der Waals surface area contributed by atoms with E-state index in [1.54, 1.807) is 11.8 Å². The third kappa shape index (κ3) is 3.96. The van der Waals surface area contributed by atoms with E-state index in [9.17, 15) is 0 Å². The van der Waals surface area contributed by atoms with Crippen LogP contribution >= 0.6 is 34.4 Å². The summed E-state index contributed by atoms with van der Waals surface area (Å²) < 4.78 is 6.92. The first kappa shape index (κ1) is 12.8. The van der Waals surface area contributed by atoms with Gasteiger partial charge in [0.2, 0.25) is 0 Å². The van der Waals surface area contributed by atoms with E-state index in [4.69, 9.17) is 4.42 Å². The van der Waals surface area contributed by atoms with Gasteiger partial charge in [-0.15, -0.1) is 0 Å². The Balaban J connectivity index is 1.93. The summed E-state index contributed by atoms with van der Waals surface area (Å²) in [5.74, 6) is 2.95. The fourth-order valence-corrected chi connectivity index (χ4v) is 2.51. The van der Waals surface area contributed by atoms with Crippen LogP contribution in [0.5, 0.6) is 0 Å². The molecule has 1 heterocycles. The van der Waals surface area contributed by atoms with E-state index in [1.807, 2.05) is 18.2 Å². The first-order valence-corrected chi connectivity index (χ1v) is 7.81. The largest absolute Gasteiger partial charge is 0.463 e. The first-order chi connectivity index (χ1) is 8.28. The minimum Gasteiger partial charge on any atom is -0.463 e. The number of rotatable bonds is 5. The zero-order valence-electron chi connectivity index (χ0n) is 9.57. The Morgan fingerprint density at radius 3 is 2.82 bits per heavy atom. The summed E-state index contributed by atoms with van der Waals surface area (Å²) in [6.45, 7) is 0.731. The van der Waals surface area contributed by atoms with Crippen LogP contribution in [0.2, 0.25) is 0 Å². The number of halogens is 1. The molecule has 0 aliphatic heterocycles. The van der Waals surface area contributed by atoms with E-state index in [2.05, 4.69) is 52.4 Å². The van der Waals surface area contributed by atoms with Crippen LogP contribution < -0.4 is 5.32 Å². The Kier molecular flexibility index (Phi) is 4.79. The molecule has 0 radical (unpaired) electrons. The maximum Gasteiger partial charge on any atom is 0.123 e.